The molecule has 1 aromatic rings. The van der Waals surface area contributed by atoms with E-state index in [0.717, 1.165) is 9.13 Å². The third kappa shape index (κ3) is 2.75. The smallest absolute Gasteiger partial charge is 0.329 e. The molecule has 1 aromatic carbocycles. The average molecular weight is 373 g/mol. The van der Waals surface area contributed by atoms with E-state index < -0.39 is 11.5 Å². The number of rotatable bonds is 3. The Balaban J connectivity index is 2.35. The van der Waals surface area contributed by atoms with Crippen molar-refractivity contribution in [1.29, 1.82) is 0 Å². The van der Waals surface area contributed by atoms with E-state index in [4.69, 9.17) is 4.74 Å². The van der Waals surface area contributed by atoms with Gasteiger partial charge in [0.05, 0.1) is 6.61 Å². The first kappa shape index (κ1) is 14.3. The summed E-state index contributed by atoms with van der Waals surface area (Å²) in [6, 6.07) is 7.28. The van der Waals surface area contributed by atoms with Crippen LogP contribution in [0, 0.1) is 3.57 Å². The van der Waals surface area contributed by atoms with E-state index in [9.17, 15) is 9.59 Å². The fourth-order valence-corrected chi connectivity index (χ4v) is 2.81. The van der Waals surface area contributed by atoms with Crippen molar-refractivity contribution in [3.05, 3.63) is 33.4 Å². The highest BCUT2D eigenvalue weighted by Crippen LogP contribution is 2.36. The van der Waals surface area contributed by atoms with Crippen LogP contribution in [0.3, 0.4) is 0 Å². The quantitative estimate of drug-likeness (QED) is 0.652. The summed E-state index contributed by atoms with van der Waals surface area (Å²) in [5.41, 5.74) is 0.428. The number of hydrogen-bond donors (Lipinski definition) is 1. The molecule has 1 N–H and O–H groups in total. The number of esters is 1. The van der Waals surface area contributed by atoms with Crippen LogP contribution >= 0.6 is 22.6 Å². The Bertz CT molecular complexity index is 500. The zero-order chi connectivity index (χ0) is 14.0. The number of ether oxygens (including phenoxy) is 1. The molecule has 0 bridgehead atoms. The van der Waals surface area contributed by atoms with Crippen LogP contribution in [-0.2, 0) is 19.7 Å². The predicted octanol–water partition coefficient (Wildman–Crippen LogP) is 2.00. The van der Waals surface area contributed by atoms with Gasteiger partial charge in [-0.25, -0.2) is 4.79 Å². The minimum Gasteiger partial charge on any atom is -0.464 e. The minimum atomic E-state index is -0.611. The summed E-state index contributed by atoms with van der Waals surface area (Å²) in [7, 11) is 0. The van der Waals surface area contributed by atoms with Crippen molar-refractivity contribution >= 4 is 34.5 Å². The van der Waals surface area contributed by atoms with Crippen LogP contribution in [0.1, 0.15) is 25.8 Å². The average Bonchev–Trinajstić information content (AvgIpc) is 2.67. The maximum atomic E-state index is 12.0. The van der Waals surface area contributed by atoms with Crippen molar-refractivity contribution in [3.8, 4) is 0 Å². The standard InChI is InChI=1S/C14H16INO3/c1-3-19-13(18)12-14(2,8-11(17)16-12)9-4-6-10(15)7-5-9/h4-7,12H,3,8H2,1-2H3,(H,16,17). The van der Waals surface area contributed by atoms with Gasteiger partial charge < -0.3 is 10.1 Å². The van der Waals surface area contributed by atoms with E-state index in [-0.39, 0.29) is 11.9 Å². The highest BCUT2D eigenvalue weighted by molar-refractivity contribution is 14.1. The summed E-state index contributed by atoms with van der Waals surface area (Å²) >= 11 is 2.23. The van der Waals surface area contributed by atoms with Gasteiger partial charge in [0, 0.05) is 15.4 Å². The molecule has 1 aliphatic heterocycles. The molecule has 1 aliphatic rings. The Morgan fingerprint density at radius 1 is 1.47 bits per heavy atom. The first-order valence-electron chi connectivity index (χ1n) is 6.19. The molecule has 4 nitrogen and oxygen atoms in total. The zero-order valence-electron chi connectivity index (χ0n) is 10.9. The van der Waals surface area contributed by atoms with Gasteiger partial charge >= 0.3 is 5.97 Å². The molecule has 1 amide bonds. The van der Waals surface area contributed by atoms with E-state index in [1.165, 1.54) is 0 Å². The van der Waals surface area contributed by atoms with Crippen molar-refractivity contribution in [3.63, 3.8) is 0 Å². The number of carbonyl (C=O) groups is 2. The van der Waals surface area contributed by atoms with E-state index in [0.29, 0.717) is 13.0 Å². The fourth-order valence-electron chi connectivity index (χ4n) is 2.45. The van der Waals surface area contributed by atoms with Crippen LogP contribution in [0.2, 0.25) is 0 Å². The molecule has 0 aliphatic carbocycles. The number of carbonyl (C=O) groups excluding carboxylic acids is 2. The normalized spacial score (nSPS) is 26.1. The number of benzene rings is 1. The minimum absolute atomic E-state index is 0.112. The first-order valence-corrected chi connectivity index (χ1v) is 7.27. The lowest BCUT2D eigenvalue weighted by Crippen LogP contribution is -2.45. The van der Waals surface area contributed by atoms with Gasteiger partial charge in [0.15, 0.2) is 0 Å². The maximum Gasteiger partial charge on any atom is 0.329 e. The molecule has 2 atom stereocenters. The Morgan fingerprint density at radius 3 is 2.68 bits per heavy atom. The molecule has 5 heteroatoms. The Morgan fingerprint density at radius 2 is 2.11 bits per heavy atom. The molecule has 1 saturated heterocycles. The second-order valence-electron chi connectivity index (χ2n) is 4.85. The molecule has 2 unspecified atom stereocenters. The van der Waals surface area contributed by atoms with Crippen molar-refractivity contribution in [2.45, 2.75) is 31.7 Å². The van der Waals surface area contributed by atoms with Crippen LogP contribution in [0.25, 0.3) is 0 Å². The lowest BCUT2D eigenvalue weighted by molar-refractivity contribution is -0.147. The summed E-state index contributed by atoms with van der Waals surface area (Å²) in [6.07, 6.45) is 0.303. The Hall–Kier alpha value is -1.11. The van der Waals surface area contributed by atoms with Gasteiger partial charge in [0.25, 0.3) is 0 Å². The van der Waals surface area contributed by atoms with Crippen LogP contribution in [0.15, 0.2) is 24.3 Å². The monoisotopic (exact) mass is 373 g/mol. The summed E-state index contributed by atoms with van der Waals surface area (Å²) in [6.45, 7) is 4.00. The van der Waals surface area contributed by atoms with E-state index >= 15 is 0 Å². The molecular weight excluding hydrogens is 357 g/mol. The van der Waals surface area contributed by atoms with E-state index in [1.54, 1.807) is 6.92 Å². The maximum absolute atomic E-state index is 12.0. The zero-order valence-corrected chi connectivity index (χ0v) is 13.1. The van der Waals surface area contributed by atoms with Crippen LogP contribution in [-0.4, -0.2) is 24.5 Å². The van der Waals surface area contributed by atoms with Gasteiger partial charge in [-0.1, -0.05) is 19.1 Å². The SMILES string of the molecule is CCOC(=O)C1NC(=O)CC1(C)c1ccc(I)cc1. The highest BCUT2D eigenvalue weighted by atomic mass is 127. The van der Waals surface area contributed by atoms with Crippen LogP contribution < -0.4 is 5.32 Å². The lowest BCUT2D eigenvalue weighted by atomic mass is 9.76. The van der Waals surface area contributed by atoms with Crippen molar-refractivity contribution in [2.24, 2.45) is 0 Å². The van der Waals surface area contributed by atoms with Crippen molar-refractivity contribution in [1.82, 2.24) is 5.32 Å². The molecule has 0 saturated carbocycles. The molecule has 0 aromatic heterocycles. The molecule has 2 rings (SSSR count). The number of nitrogens with one attached hydrogen (secondary N) is 1. The Labute approximate surface area is 126 Å². The largest absolute Gasteiger partial charge is 0.464 e. The summed E-state index contributed by atoms with van der Waals surface area (Å²) < 4.78 is 6.18. The van der Waals surface area contributed by atoms with Gasteiger partial charge in [-0.2, -0.15) is 0 Å². The number of hydrogen-bond acceptors (Lipinski definition) is 3. The second-order valence-corrected chi connectivity index (χ2v) is 6.10. The number of amides is 1. The second kappa shape index (κ2) is 5.48. The van der Waals surface area contributed by atoms with Gasteiger partial charge in [-0.05, 0) is 47.2 Å². The molecular formula is C14H16INO3. The van der Waals surface area contributed by atoms with Crippen molar-refractivity contribution < 1.29 is 14.3 Å². The molecule has 0 radical (unpaired) electrons. The highest BCUT2D eigenvalue weighted by Gasteiger charge is 2.49. The predicted molar refractivity (Wildman–Crippen MR) is 79.7 cm³/mol. The third-order valence-corrected chi connectivity index (χ3v) is 4.22. The van der Waals surface area contributed by atoms with E-state index in [1.807, 2.05) is 31.2 Å². The molecule has 0 spiro atoms. The van der Waals surface area contributed by atoms with E-state index in [2.05, 4.69) is 27.9 Å². The molecule has 1 fully saturated rings. The van der Waals surface area contributed by atoms with Gasteiger partial charge in [-0.15, -0.1) is 0 Å². The first-order chi connectivity index (χ1) is 8.97. The topological polar surface area (TPSA) is 55.4 Å². The van der Waals surface area contributed by atoms with Gasteiger partial charge in [-0.3, -0.25) is 4.79 Å². The van der Waals surface area contributed by atoms with Crippen molar-refractivity contribution in [2.75, 3.05) is 6.61 Å². The third-order valence-electron chi connectivity index (χ3n) is 3.50. The Kier molecular flexibility index (Phi) is 4.13. The van der Waals surface area contributed by atoms with Crippen LogP contribution in [0.5, 0.6) is 0 Å². The molecule has 1 heterocycles. The van der Waals surface area contributed by atoms with Crippen LogP contribution in [0.4, 0.5) is 0 Å². The van der Waals surface area contributed by atoms with Gasteiger partial charge in [0.2, 0.25) is 5.91 Å². The molecule has 19 heavy (non-hydrogen) atoms. The van der Waals surface area contributed by atoms with Gasteiger partial charge in [0.1, 0.15) is 6.04 Å². The summed E-state index contributed by atoms with van der Waals surface area (Å²) in [5, 5.41) is 2.73. The lowest BCUT2D eigenvalue weighted by Gasteiger charge is -2.29. The summed E-state index contributed by atoms with van der Waals surface area (Å²) in [5.74, 6) is -0.478. The fraction of sp³-hybridized carbons (Fsp3) is 0.429. The molecule has 102 valence electrons. The number of halogens is 1. The summed E-state index contributed by atoms with van der Waals surface area (Å²) in [4.78, 5) is 23.7.